The molecule has 0 heterocycles. The quantitative estimate of drug-likeness (QED) is 0.732. The van der Waals surface area contributed by atoms with Gasteiger partial charge in [-0.1, -0.05) is 17.7 Å². The Labute approximate surface area is 95.7 Å². The van der Waals surface area contributed by atoms with E-state index in [1.807, 2.05) is 0 Å². The highest BCUT2D eigenvalue weighted by atomic mass is 35.5. The number of ether oxygens (including phenoxy) is 1. The number of methoxy groups -OCH3 is 1. The van der Waals surface area contributed by atoms with Crippen molar-refractivity contribution in [3.8, 4) is 5.75 Å². The summed E-state index contributed by atoms with van der Waals surface area (Å²) in [5, 5.41) is -1.40. The van der Waals surface area contributed by atoms with Crippen LogP contribution in [0, 0.1) is 6.92 Å². The van der Waals surface area contributed by atoms with Crippen LogP contribution in [0.4, 0.5) is 18.9 Å². The average Bonchev–Trinajstić information content (AvgIpc) is 2.19. The fourth-order valence-electron chi connectivity index (χ4n) is 1.05. The van der Waals surface area contributed by atoms with Crippen LogP contribution in [0.15, 0.2) is 23.2 Å². The number of nitrogens with zero attached hydrogens (tertiary/aromatic N) is 1. The summed E-state index contributed by atoms with van der Waals surface area (Å²) in [5.74, 6) is 0.466. The van der Waals surface area contributed by atoms with Gasteiger partial charge >= 0.3 is 6.18 Å². The number of hydrogen-bond donors (Lipinski definition) is 0. The third-order valence-electron chi connectivity index (χ3n) is 1.85. The van der Waals surface area contributed by atoms with Gasteiger partial charge < -0.3 is 4.74 Å². The van der Waals surface area contributed by atoms with E-state index in [2.05, 4.69) is 4.99 Å². The molecule has 0 saturated heterocycles. The molecule has 2 nitrogen and oxygen atoms in total. The Morgan fingerprint density at radius 1 is 1.38 bits per heavy atom. The summed E-state index contributed by atoms with van der Waals surface area (Å²) in [6, 6.07) is 4.44. The first-order chi connectivity index (χ1) is 7.34. The van der Waals surface area contributed by atoms with Crippen LogP contribution in [0.25, 0.3) is 0 Å². The molecule has 1 aromatic rings. The number of hydrogen-bond acceptors (Lipinski definition) is 2. The third kappa shape index (κ3) is 3.13. The molecular formula is C10H9ClF3NO. The molecule has 0 aliphatic rings. The van der Waals surface area contributed by atoms with Crippen LogP contribution in [0.5, 0.6) is 5.75 Å². The van der Waals surface area contributed by atoms with Gasteiger partial charge in [0.15, 0.2) is 0 Å². The normalized spacial score (nSPS) is 12.8. The molecule has 0 radical (unpaired) electrons. The lowest BCUT2D eigenvalue weighted by atomic mass is 10.2. The summed E-state index contributed by atoms with van der Waals surface area (Å²) in [5.41, 5.74) is 0.911. The monoisotopic (exact) mass is 251 g/mol. The van der Waals surface area contributed by atoms with Crippen LogP contribution in [0.1, 0.15) is 5.56 Å². The maximum absolute atomic E-state index is 12.1. The number of aryl methyl sites for hydroxylation is 1. The first-order valence-electron chi connectivity index (χ1n) is 4.30. The zero-order chi connectivity index (χ0) is 12.3. The standard InChI is InChI=1S/C10H9ClF3NO/c1-6-3-4-7(5-8(6)16-2)15-9(11)10(12,13)14/h3-5H,1-2H3. The summed E-state index contributed by atoms with van der Waals surface area (Å²) in [4.78, 5) is 3.26. The fraction of sp³-hybridized carbons (Fsp3) is 0.300. The Bertz CT molecular complexity index is 415. The zero-order valence-electron chi connectivity index (χ0n) is 8.60. The van der Waals surface area contributed by atoms with Gasteiger partial charge in [-0.2, -0.15) is 13.2 Å². The van der Waals surface area contributed by atoms with Crippen LogP contribution < -0.4 is 4.74 Å². The Morgan fingerprint density at radius 2 is 2.00 bits per heavy atom. The van der Waals surface area contributed by atoms with Crippen molar-refractivity contribution in [2.75, 3.05) is 7.11 Å². The molecule has 0 N–H and O–H groups in total. The van der Waals surface area contributed by atoms with E-state index in [0.29, 0.717) is 5.75 Å². The van der Waals surface area contributed by atoms with Crippen molar-refractivity contribution in [2.24, 2.45) is 4.99 Å². The molecule has 88 valence electrons. The largest absolute Gasteiger partial charge is 0.496 e. The van der Waals surface area contributed by atoms with Crippen molar-refractivity contribution in [3.05, 3.63) is 23.8 Å². The van der Waals surface area contributed by atoms with Crippen LogP contribution >= 0.6 is 11.6 Å². The van der Waals surface area contributed by atoms with Crippen LogP contribution in [0.3, 0.4) is 0 Å². The molecule has 0 saturated carbocycles. The lowest BCUT2D eigenvalue weighted by Crippen LogP contribution is -2.16. The molecule has 1 aromatic carbocycles. The average molecular weight is 252 g/mol. The lowest BCUT2D eigenvalue weighted by molar-refractivity contribution is -0.0558. The highest BCUT2D eigenvalue weighted by molar-refractivity contribution is 6.67. The molecule has 1 rings (SSSR count). The van der Waals surface area contributed by atoms with E-state index in [1.165, 1.54) is 19.2 Å². The van der Waals surface area contributed by atoms with Crippen molar-refractivity contribution in [2.45, 2.75) is 13.1 Å². The van der Waals surface area contributed by atoms with Gasteiger partial charge in [-0.3, -0.25) is 0 Å². The summed E-state index contributed by atoms with van der Waals surface area (Å²) in [6.45, 7) is 1.78. The Hall–Kier alpha value is -1.23. The summed E-state index contributed by atoms with van der Waals surface area (Å²) in [6.07, 6.45) is -4.63. The second-order valence-corrected chi connectivity index (χ2v) is 3.41. The first-order valence-corrected chi connectivity index (χ1v) is 4.68. The predicted molar refractivity (Wildman–Crippen MR) is 56.7 cm³/mol. The van der Waals surface area contributed by atoms with Gasteiger partial charge in [-0.05, 0) is 18.6 Å². The van der Waals surface area contributed by atoms with E-state index in [1.54, 1.807) is 13.0 Å². The molecule has 0 bridgehead atoms. The molecule has 0 aliphatic carbocycles. The van der Waals surface area contributed by atoms with Gasteiger partial charge in [0.2, 0.25) is 5.17 Å². The zero-order valence-corrected chi connectivity index (χ0v) is 9.36. The van der Waals surface area contributed by atoms with Crippen molar-refractivity contribution >= 4 is 22.5 Å². The Balaban J connectivity index is 3.07. The number of aliphatic imine (C=N–C) groups is 1. The molecule has 6 heteroatoms. The number of halogens is 4. The van der Waals surface area contributed by atoms with E-state index in [-0.39, 0.29) is 5.69 Å². The highest BCUT2D eigenvalue weighted by Crippen LogP contribution is 2.27. The van der Waals surface area contributed by atoms with E-state index >= 15 is 0 Å². The van der Waals surface area contributed by atoms with Crippen LogP contribution in [-0.2, 0) is 0 Å². The van der Waals surface area contributed by atoms with Crippen LogP contribution in [0.2, 0.25) is 0 Å². The smallest absolute Gasteiger partial charge is 0.444 e. The SMILES string of the molecule is COc1cc(N=C(Cl)C(F)(F)F)ccc1C. The number of alkyl halides is 3. The fourth-order valence-corrected chi connectivity index (χ4v) is 1.15. The molecule has 0 aliphatic heterocycles. The Morgan fingerprint density at radius 3 is 2.50 bits per heavy atom. The maximum atomic E-state index is 12.1. The Kier molecular flexibility index (Phi) is 3.80. The number of rotatable bonds is 2. The topological polar surface area (TPSA) is 21.6 Å². The van der Waals surface area contributed by atoms with Gasteiger partial charge in [0, 0.05) is 6.07 Å². The van der Waals surface area contributed by atoms with E-state index < -0.39 is 11.3 Å². The highest BCUT2D eigenvalue weighted by Gasteiger charge is 2.34. The lowest BCUT2D eigenvalue weighted by Gasteiger charge is -2.06. The molecule has 0 fully saturated rings. The van der Waals surface area contributed by atoms with Gasteiger partial charge in [0.05, 0.1) is 12.8 Å². The minimum Gasteiger partial charge on any atom is -0.496 e. The minimum absolute atomic E-state index is 0.102. The minimum atomic E-state index is -4.63. The summed E-state index contributed by atoms with van der Waals surface area (Å²) in [7, 11) is 1.43. The van der Waals surface area contributed by atoms with E-state index in [4.69, 9.17) is 16.3 Å². The van der Waals surface area contributed by atoms with Crippen LogP contribution in [-0.4, -0.2) is 18.5 Å². The van der Waals surface area contributed by atoms with E-state index in [9.17, 15) is 13.2 Å². The molecule has 0 unspecified atom stereocenters. The molecular weight excluding hydrogens is 243 g/mol. The second-order valence-electron chi connectivity index (χ2n) is 3.05. The van der Waals surface area contributed by atoms with Gasteiger partial charge in [0.1, 0.15) is 5.75 Å². The van der Waals surface area contributed by atoms with Crippen molar-refractivity contribution in [3.63, 3.8) is 0 Å². The third-order valence-corrected chi connectivity index (χ3v) is 2.15. The van der Waals surface area contributed by atoms with Gasteiger partial charge in [0.25, 0.3) is 0 Å². The van der Waals surface area contributed by atoms with Gasteiger partial charge in [-0.15, -0.1) is 0 Å². The molecule has 0 atom stereocenters. The summed E-state index contributed by atoms with van der Waals surface area (Å²) >= 11 is 5.01. The second kappa shape index (κ2) is 4.74. The predicted octanol–water partition coefficient (Wildman–Crippen LogP) is 3.83. The first kappa shape index (κ1) is 12.8. The van der Waals surface area contributed by atoms with Crippen molar-refractivity contribution < 1.29 is 17.9 Å². The number of benzene rings is 1. The maximum Gasteiger partial charge on any atom is 0.444 e. The van der Waals surface area contributed by atoms with Crippen molar-refractivity contribution in [1.82, 2.24) is 0 Å². The molecule has 0 aromatic heterocycles. The van der Waals surface area contributed by atoms with E-state index in [0.717, 1.165) is 5.56 Å². The van der Waals surface area contributed by atoms with Crippen molar-refractivity contribution in [1.29, 1.82) is 0 Å². The molecule has 0 spiro atoms. The summed E-state index contributed by atoms with van der Waals surface area (Å²) < 4.78 is 41.3. The molecule has 0 amide bonds. The molecule has 16 heavy (non-hydrogen) atoms. The van der Waals surface area contributed by atoms with Gasteiger partial charge in [-0.25, -0.2) is 4.99 Å².